The monoisotopic (exact) mass is 384 g/mol. The summed E-state index contributed by atoms with van der Waals surface area (Å²) in [6.07, 6.45) is 6.36. The molecular weight excluding hydrogens is 372 g/mol. The summed E-state index contributed by atoms with van der Waals surface area (Å²) < 4.78 is 2.13. The Morgan fingerprint density at radius 1 is 1.37 bits per heavy atom. The number of halogens is 2. The van der Waals surface area contributed by atoms with E-state index >= 15 is 0 Å². The molecule has 2 rings (SSSR count). The van der Waals surface area contributed by atoms with Crippen LogP contribution in [0.15, 0.2) is 50.9 Å². The Morgan fingerprint density at radius 3 is 2.74 bits per heavy atom. The van der Waals surface area contributed by atoms with Crippen LogP contribution in [0.3, 0.4) is 0 Å². The van der Waals surface area contributed by atoms with E-state index in [2.05, 4.69) is 50.1 Å². The van der Waals surface area contributed by atoms with Gasteiger partial charge in [0.05, 0.1) is 0 Å². The lowest BCUT2D eigenvalue weighted by Crippen LogP contribution is -1.88. The van der Waals surface area contributed by atoms with Crippen molar-refractivity contribution in [1.82, 2.24) is 0 Å². The third-order valence-corrected chi connectivity index (χ3v) is 5.05. The Bertz CT molecular complexity index is 561. The predicted molar refractivity (Wildman–Crippen MR) is 83.2 cm³/mol. The van der Waals surface area contributed by atoms with Gasteiger partial charge in [0, 0.05) is 15.0 Å². The van der Waals surface area contributed by atoms with Gasteiger partial charge in [-0.15, -0.1) is 0 Å². The topological polar surface area (TPSA) is 37.3 Å². The van der Waals surface area contributed by atoms with Gasteiger partial charge in [-0.2, -0.15) is 0 Å². The number of carboxylic acid groups (broad SMARTS) is 1. The largest absolute Gasteiger partial charge is 0.478 e. The van der Waals surface area contributed by atoms with Gasteiger partial charge in [-0.3, -0.25) is 0 Å². The smallest absolute Gasteiger partial charge is 0.328 e. The molecule has 0 aliphatic heterocycles. The van der Waals surface area contributed by atoms with Crippen LogP contribution in [0.2, 0.25) is 0 Å². The van der Waals surface area contributed by atoms with Gasteiger partial charge in [0.1, 0.15) is 0 Å². The molecule has 1 N–H and O–H groups in total. The number of hydrogen-bond donors (Lipinski definition) is 1. The molecule has 1 aromatic rings. The summed E-state index contributed by atoms with van der Waals surface area (Å²) in [6.45, 7) is 1.80. The highest BCUT2D eigenvalue weighted by Crippen LogP contribution is 2.49. The molecule has 100 valence electrons. The Kier molecular flexibility index (Phi) is 4.63. The average Bonchev–Trinajstić information content (AvgIpc) is 3.09. The summed E-state index contributed by atoms with van der Waals surface area (Å²) in [7, 11) is 0. The zero-order valence-corrected chi connectivity index (χ0v) is 13.6. The third-order valence-electron chi connectivity index (χ3n) is 3.17. The first-order chi connectivity index (χ1) is 8.97. The molecular formula is C15H14Br2O2. The van der Waals surface area contributed by atoms with Crippen LogP contribution in [0.1, 0.15) is 24.8 Å². The van der Waals surface area contributed by atoms with Crippen molar-refractivity contribution in [2.24, 2.45) is 5.92 Å². The lowest BCUT2D eigenvalue weighted by atomic mass is 10.1. The molecule has 4 heteroatoms. The molecule has 0 saturated heterocycles. The number of rotatable bonds is 4. The van der Waals surface area contributed by atoms with E-state index in [9.17, 15) is 4.79 Å². The fourth-order valence-corrected chi connectivity index (χ4v) is 2.72. The number of carboxylic acids is 1. The van der Waals surface area contributed by atoms with Crippen molar-refractivity contribution in [1.29, 1.82) is 0 Å². The van der Waals surface area contributed by atoms with Crippen molar-refractivity contribution >= 4 is 37.8 Å². The van der Waals surface area contributed by atoms with Crippen LogP contribution < -0.4 is 0 Å². The molecule has 19 heavy (non-hydrogen) atoms. The lowest BCUT2D eigenvalue weighted by Gasteiger charge is -2.01. The zero-order chi connectivity index (χ0) is 14.0. The van der Waals surface area contributed by atoms with E-state index in [1.54, 1.807) is 6.92 Å². The molecule has 2 atom stereocenters. The average molecular weight is 386 g/mol. The summed E-state index contributed by atoms with van der Waals surface area (Å²) >= 11 is 6.97. The van der Waals surface area contributed by atoms with Crippen molar-refractivity contribution < 1.29 is 9.90 Å². The maximum absolute atomic E-state index is 10.5. The first-order valence-corrected chi connectivity index (χ1v) is 7.60. The Morgan fingerprint density at radius 2 is 2.11 bits per heavy atom. The SMILES string of the molecule is CC(/C=C/[C@@H]1C[C@H]1c1ccc(Br)c(Br)c1)=C\C(=O)O. The van der Waals surface area contributed by atoms with Gasteiger partial charge in [-0.25, -0.2) is 4.79 Å². The van der Waals surface area contributed by atoms with Crippen LogP contribution in [0.4, 0.5) is 0 Å². The molecule has 0 heterocycles. The Hall–Kier alpha value is -0.870. The highest BCUT2D eigenvalue weighted by Gasteiger charge is 2.36. The van der Waals surface area contributed by atoms with Crippen molar-refractivity contribution in [3.8, 4) is 0 Å². The van der Waals surface area contributed by atoms with Crippen molar-refractivity contribution in [2.45, 2.75) is 19.3 Å². The second kappa shape index (κ2) is 6.06. The normalized spacial score (nSPS) is 22.8. The summed E-state index contributed by atoms with van der Waals surface area (Å²) in [5, 5.41) is 8.63. The molecule has 0 spiro atoms. The standard InChI is InChI=1S/C15H14Br2O2/c1-9(6-15(18)19)2-3-10-7-12(10)11-4-5-13(16)14(17)8-11/h2-6,8,10,12H,7H2,1H3,(H,18,19)/b3-2+,9-6+/t10-,12-/m1/s1. The quantitative estimate of drug-likeness (QED) is 0.591. The Balaban J connectivity index is 1.99. The number of aliphatic carboxylic acids is 1. The van der Waals surface area contributed by atoms with Gasteiger partial charge in [0.15, 0.2) is 0 Å². The maximum atomic E-state index is 10.5. The molecule has 0 aromatic heterocycles. The highest BCUT2D eigenvalue weighted by atomic mass is 79.9. The highest BCUT2D eigenvalue weighted by molar-refractivity contribution is 9.13. The van der Waals surface area contributed by atoms with Gasteiger partial charge in [-0.05, 0) is 80.3 Å². The fourth-order valence-electron chi connectivity index (χ4n) is 2.07. The first kappa shape index (κ1) is 14.5. The van der Waals surface area contributed by atoms with Crippen LogP contribution >= 0.6 is 31.9 Å². The van der Waals surface area contributed by atoms with Crippen LogP contribution in [0.25, 0.3) is 0 Å². The van der Waals surface area contributed by atoms with Crippen LogP contribution in [-0.4, -0.2) is 11.1 Å². The van der Waals surface area contributed by atoms with Gasteiger partial charge in [-0.1, -0.05) is 18.2 Å². The van der Waals surface area contributed by atoms with E-state index in [1.165, 1.54) is 11.6 Å². The molecule has 0 amide bonds. The maximum Gasteiger partial charge on any atom is 0.328 e. The zero-order valence-electron chi connectivity index (χ0n) is 10.4. The van der Waals surface area contributed by atoms with Crippen molar-refractivity contribution in [2.75, 3.05) is 0 Å². The number of hydrogen-bond acceptors (Lipinski definition) is 1. The molecule has 0 unspecified atom stereocenters. The molecule has 2 nitrogen and oxygen atoms in total. The van der Waals surface area contributed by atoms with E-state index in [-0.39, 0.29) is 0 Å². The van der Waals surface area contributed by atoms with Crippen LogP contribution in [-0.2, 0) is 4.79 Å². The van der Waals surface area contributed by atoms with Gasteiger partial charge in [0.25, 0.3) is 0 Å². The second-order valence-corrected chi connectivity index (χ2v) is 6.47. The molecule has 0 radical (unpaired) electrons. The summed E-state index contributed by atoms with van der Waals surface area (Å²) in [4.78, 5) is 10.5. The van der Waals surface area contributed by atoms with Crippen LogP contribution in [0, 0.1) is 5.92 Å². The molecule has 1 saturated carbocycles. The fraction of sp³-hybridized carbons (Fsp3) is 0.267. The minimum atomic E-state index is -0.897. The third kappa shape index (κ3) is 4.05. The van der Waals surface area contributed by atoms with Gasteiger partial charge < -0.3 is 5.11 Å². The lowest BCUT2D eigenvalue weighted by molar-refractivity contribution is -0.131. The molecule has 1 aromatic carbocycles. The molecule has 0 bridgehead atoms. The summed E-state index contributed by atoms with van der Waals surface area (Å²) in [5.74, 6) is 0.176. The summed E-state index contributed by atoms with van der Waals surface area (Å²) in [5.41, 5.74) is 2.10. The second-order valence-electron chi connectivity index (χ2n) is 4.77. The Labute approximate surface area is 129 Å². The van der Waals surface area contributed by atoms with Crippen molar-refractivity contribution in [3.05, 3.63) is 56.5 Å². The van der Waals surface area contributed by atoms with Crippen molar-refractivity contribution in [3.63, 3.8) is 0 Å². The molecule has 1 aliphatic rings. The van der Waals surface area contributed by atoms with Crippen LogP contribution in [0.5, 0.6) is 0 Å². The number of carbonyl (C=O) groups is 1. The minimum Gasteiger partial charge on any atom is -0.478 e. The van der Waals surface area contributed by atoms with E-state index in [4.69, 9.17) is 5.11 Å². The summed E-state index contributed by atoms with van der Waals surface area (Å²) in [6, 6.07) is 6.32. The number of benzene rings is 1. The number of allylic oxidation sites excluding steroid dienone is 3. The van der Waals surface area contributed by atoms with E-state index in [0.29, 0.717) is 11.8 Å². The van der Waals surface area contributed by atoms with E-state index in [0.717, 1.165) is 20.9 Å². The van der Waals surface area contributed by atoms with E-state index < -0.39 is 5.97 Å². The molecule has 1 fully saturated rings. The molecule has 1 aliphatic carbocycles. The minimum absolute atomic E-state index is 0.519. The van der Waals surface area contributed by atoms with Gasteiger partial charge >= 0.3 is 5.97 Å². The first-order valence-electron chi connectivity index (χ1n) is 6.01. The van der Waals surface area contributed by atoms with E-state index in [1.807, 2.05) is 12.1 Å². The van der Waals surface area contributed by atoms with Gasteiger partial charge in [0.2, 0.25) is 0 Å². The predicted octanol–water partition coefficient (Wildman–Crippen LogP) is 4.90.